The van der Waals surface area contributed by atoms with Gasteiger partial charge in [-0.25, -0.2) is 4.98 Å². The molecule has 2 heterocycles. The summed E-state index contributed by atoms with van der Waals surface area (Å²) in [6.45, 7) is 4.07. The van der Waals surface area contributed by atoms with Gasteiger partial charge in [0.1, 0.15) is 0 Å². The quantitative estimate of drug-likeness (QED) is 0.323. The topological polar surface area (TPSA) is 36.4 Å². The second kappa shape index (κ2) is 10.3. The number of rotatable bonds is 5. The Kier molecular flexibility index (Phi) is 6.84. The SMILES string of the molecule is O=C(c1cc(-c2cccc(Br)c2)nc2ccccc12)N1CCN(CC=Cc2ccccc2)CC1. The number of pyridine rings is 1. The summed E-state index contributed by atoms with van der Waals surface area (Å²) in [4.78, 5) is 22.8. The Balaban J connectivity index is 1.32. The number of nitrogens with zero attached hydrogens (tertiary/aromatic N) is 3. The molecule has 5 rings (SSSR count). The molecule has 1 aliphatic heterocycles. The Hall–Kier alpha value is -3.28. The first-order valence-corrected chi connectivity index (χ1v) is 12.4. The van der Waals surface area contributed by atoms with E-state index in [1.54, 1.807) is 0 Å². The van der Waals surface area contributed by atoms with E-state index in [0.717, 1.165) is 64.9 Å². The molecular weight excluding hydrogens is 486 g/mol. The van der Waals surface area contributed by atoms with Crippen LogP contribution in [0.3, 0.4) is 0 Å². The average Bonchev–Trinajstić information content (AvgIpc) is 2.89. The van der Waals surface area contributed by atoms with Crippen molar-refractivity contribution < 1.29 is 4.79 Å². The average molecular weight is 512 g/mol. The first-order valence-electron chi connectivity index (χ1n) is 11.6. The van der Waals surface area contributed by atoms with E-state index in [9.17, 15) is 4.79 Å². The summed E-state index contributed by atoms with van der Waals surface area (Å²) in [5.41, 5.74) is 4.57. The number of halogens is 1. The van der Waals surface area contributed by atoms with Crippen LogP contribution in [0.2, 0.25) is 0 Å². The fourth-order valence-electron chi connectivity index (χ4n) is 4.35. The lowest BCUT2D eigenvalue weighted by Gasteiger charge is -2.34. The predicted octanol–water partition coefficient (Wildman–Crippen LogP) is 6.14. The molecular formula is C29H26BrN3O. The minimum absolute atomic E-state index is 0.0781. The van der Waals surface area contributed by atoms with E-state index in [0.29, 0.717) is 0 Å². The summed E-state index contributed by atoms with van der Waals surface area (Å²) in [5, 5.41) is 0.902. The molecule has 1 amide bonds. The van der Waals surface area contributed by atoms with E-state index in [2.05, 4.69) is 57.2 Å². The number of hydrogen-bond donors (Lipinski definition) is 0. The summed E-state index contributed by atoms with van der Waals surface area (Å²) in [5.74, 6) is 0.0781. The van der Waals surface area contributed by atoms with Gasteiger partial charge in [-0.05, 0) is 29.8 Å². The van der Waals surface area contributed by atoms with Gasteiger partial charge in [-0.3, -0.25) is 9.69 Å². The molecule has 4 nitrogen and oxygen atoms in total. The summed E-state index contributed by atoms with van der Waals surface area (Å²) >= 11 is 3.54. The molecule has 1 aliphatic rings. The van der Waals surface area contributed by atoms with Crippen LogP contribution in [-0.2, 0) is 0 Å². The van der Waals surface area contributed by atoms with Crippen molar-refractivity contribution in [1.82, 2.24) is 14.8 Å². The van der Waals surface area contributed by atoms with Crippen molar-refractivity contribution in [2.45, 2.75) is 0 Å². The number of fused-ring (bicyclic) bond motifs is 1. The molecule has 5 heteroatoms. The van der Waals surface area contributed by atoms with E-state index < -0.39 is 0 Å². The van der Waals surface area contributed by atoms with Gasteiger partial charge >= 0.3 is 0 Å². The summed E-state index contributed by atoms with van der Waals surface area (Å²) in [6.07, 6.45) is 4.36. The Morgan fingerprint density at radius 2 is 1.65 bits per heavy atom. The Morgan fingerprint density at radius 3 is 2.44 bits per heavy atom. The van der Waals surface area contributed by atoms with Crippen LogP contribution in [0.1, 0.15) is 15.9 Å². The standard InChI is InChI=1S/C29H26BrN3O/c30-24-12-6-11-23(20-24)28-21-26(25-13-4-5-14-27(25)31-28)29(34)33-18-16-32(17-19-33)15-7-10-22-8-2-1-3-9-22/h1-14,20-21H,15-19H2. The van der Waals surface area contributed by atoms with Gasteiger partial charge in [0.15, 0.2) is 0 Å². The molecule has 3 aromatic carbocycles. The minimum atomic E-state index is 0.0781. The highest BCUT2D eigenvalue weighted by Crippen LogP contribution is 2.27. The van der Waals surface area contributed by atoms with Gasteiger partial charge in [0.2, 0.25) is 0 Å². The lowest BCUT2D eigenvalue weighted by atomic mass is 10.0. The van der Waals surface area contributed by atoms with Crippen molar-refractivity contribution >= 4 is 38.8 Å². The van der Waals surface area contributed by atoms with Gasteiger partial charge in [-0.15, -0.1) is 0 Å². The Morgan fingerprint density at radius 1 is 0.882 bits per heavy atom. The van der Waals surface area contributed by atoms with Crippen LogP contribution in [0.4, 0.5) is 0 Å². The third-order valence-electron chi connectivity index (χ3n) is 6.20. The van der Waals surface area contributed by atoms with Crippen LogP contribution < -0.4 is 0 Å². The molecule has 0 spiro atoms. The van der Waals surface area contributed by atoms with Crippen molar-refractivity contribution in [1.29, 1.82) is 0 Å². The third kappa shape index (κ3) is 5.11. The van der Waals surface area contributed by atoms with E-state index in [-0.39, 0.29) is 5.91 Å². The van der Waals surface area contributed by atoms with Crippen LogP contribution >= 0.6 is 15.9 Å². The maximum Gasteiger partial charge on any atom is 0.254 e. The molecule has 1 saturated heterocycles. The van der Waals surface area contributed by atoms with Gasteiger partial charge in [0.05, 0.1) is 16.8 Å². The molecule has 1 fully saturated rings. The molecule has 0 bridgehead atoms. The lowest BCUT2D eigenvalue weighted by molar-refractivity contribution is 0.0652. The number of piperazine rings is 1. The molecule has 4 aromatic rings. The van der Waals surface area contributed by atoms with E-state index in [1.807, 2.05) is 65.6 Å². The zero-order valence-electron chi connectivity index (χ0n) is 18.9. The maximum absolute atomic E-state index is 13.6. The molecule has 0 atom stereocenters. The molecule has 34 heavy (non-hydrogen) atoms. The molecule has 0 saturated carbocycles. The first-order chi connectivity index (χ1) is 16.7. The summed E-state index contributed by atoms with van der Waals surface area (Å²) in [7, 11) is 0. The van der Waals surface area contributed by atoms with Gasteiger partial charge in [-0.2, -0.15) is 0 Å². The molecule has 170 valence electrons. The van der Waals surface area contributed by atoms with E-state index >= 15 is 0 Å². The smallest absolute Gasteiger partial charge is 0.254 e. The molecule has 1 aromatic heterocycles. The number of carbonyl (C=O) groups excluding carboxylic acids is 1. The predicted molar refractivity (Wildman–Crippen MR) is 143 cm³/mol. The minimum Gasteiger partial charge on any atom is -0.336 e. The lowest BCUT2D eigenvalue weighted by Crippen LogP contribution is -2.48. The van der Waals surface area contributed by atoms with Crippen molar-refractivity contribution in [3.63, 3.8) is 0 Å². The van der Waals surface area contributed by atoms with Crippen molar-refractivity contribution in [3.8, 4) is 11.3 Å². The Labute approximate surface area is 208 Å². The van der Waals surface area contributed by atoms with Crippen molar-refractivity contribution in [3.05, 3.63) is 107 Å². The van der Waals surface area contributed by atoms with E-state index in [4.69, 9.17) is 4.98 Å². The van der Waals surface area contributed by atoms with Gasteiger partial charge in [-0.1, -0.05) is 88.7 Å². The zero-order valence-corrected chi connectivity index (χ0v) is 20.5. The molecule has 0 aliphatic carbocycles. The zero-order chi connectivity index (χ0) is 23.3. The number of amides is 1. The number of benzene rings is 3. The first kappa shape index (κ1) is 22.5. The largest absolute Gasteiger partial charge is 0.336 e. The highest BCUT2D eigenvalue weighted by atomic mass is 79.9. The van der Waals surface area contributed by atoms with Crippen LogP contribution in [0, 0.1) is 0 Å². The summed E-state index contributed by atoms with van der Waals surface area (Å²) in [6, 6.07) is 28.2. The summed E-state index contributed by atoms with van der Waals surface area (Å²) < 4.78 is 0.991. The highest BCUT2D eigenvalue weighted by Gasteiger charge is 2.24. The highest BCUT2D eigenvalue weighted by molar-refractivity contribution is 9.10. The molecule has 0 radical (unpaired) electrons. The van der Waals surface area contributed by atoms with Crippen LogP contribution in [0.15, 0.2) is 95.5 Å². The number of para-hydroxylation sites is 1. The monoisotopic (exact) mass is 511 g/mol. The fraction of sp³-hybridized carbons (Fsp3) is 0.172. The van der Waals surface area contributed by atoms with Crippen LogP contribution in [-0.4, -0.2) is 53.4 Å². The van der Waals surface area contributed by atoms with Gasteiger partial charge in [0, 0.05) is 48.1 Å². The second-order valence-corrected chi connectivity index (χ2v) is 9.40. The van der Waals surface area contributed by atoms with Crippen LogP contribution in [0.5, 0.6) is 0 Å². The number of carbonyl (C=O) groups is 1. The third-order valence-corrected chi connectivity index (χ3v) is 6.69. The second-order valence-electron chi connectivity index (χ2n) is 8.49. The number of aromatic nitrogens is 1. The maximum atomic E-state index is 13.6. The number of hydrogen-bond acceptors (Lipinski definition) is 3. The molecule has 0 unspecified atom stereocenters. The van der Waals surface area contributed by atoms with Crippen molar-refractivity contribution in [2.75, 3.05) is 32.7 Å². The van der Waals surface area contributed by atoms with E-state index in [1.165, 1.54) is 5.56 Å². The Bertz CT molecular complexity index is 1330. The van der Waals surface area contributed by atoms with Gasteiger partial charge < -0.3 is 4.90 Å². The van der Waals surface area contributed by atoms with Gasteiger partial charge in [0.25, 0.3) is 5.91 Å². The normalized spacial score (nSPS) is 14.7. The fourth-order valence-corrected chi connectivity index (χ4v) is 4.75. The van der Waals surface area contributed by atoms with Crippen LogP contribution in [0.25, 0.3) is 28.2 Å². The van der Waals surface area contributed by atoms with Crippen molar-refractivity contribution in [2.24, 2.45) is 0 Å². The molecule has 0 N–H and O–H groups in total.